The fraction of sp³-hybridized carbons (Fsp3) is 0.533. The quantitative estimate of drug-likeness (QED) is 0.906. The van der Waals surface area contributed by atoms with Crippen molar-refractivity contribution in [3.63, 3.8) is 0 Å². The van der Waals surface area contributed by atoms with Crippen LogP contribution in [0.1, 0.15) is 32.3 Å². The van der Waals surface area contributed by atoms with E-state index in [4.69, 9.17) is 9.47 Å². The molecule has 0 aromatic heterocycles. The van der Waals surface area contributed by atoms with E-state index in [0.29, 0.717) is 6.61 Å². The first-order chi connectivity index (χ1) is 9.03. The highest BCUT2D eigenvalue weighted by atomic mass is 16.5. The standard InChI is InChI=1S/C15H21NO3/c1-15(2,11-6-8-12(18-3)9-7-11)16-14(17)13-5-4-10-19-13/h6-9,13H,4-5,10H2,1-3H3,(H,16,17). The van der Waals surface area contributed by atoms with Crippen molar-refractivity contribution in [3.8, 4) is 5.75 Å². The van der Waals surface area contributed by atoms with Crippen LogP contribution in [-0.4, -0.2) is 25.7 Å². The molecule has 0 saturated carbocycles. The maximum Gasteiger partial charge on any atom is 0.249 e. The fourth-order valence-electron chi connectivity index (χ4n) is 2.25. The molecule has 0 spiro atoms. The predicted octanol–water partition coefficient (Wildman–Crippen LogP) is 2.23. The van der Waals surface area contributed by atoms with Crippen LogP contribution in [0.5, 0.6) is 5.75 Å². The Bertz CT molecular complexity index is 433. The lowest BCUT2D eigenvalue weighted by molar-refractivity contribution is -0.131. The summed E-state index contributed by atoms with van der Waals surface area (Å²) >= 11 is 0. The zero-order valence-corrected chi connectivity index (χ0v) is 11.7. The van der Waals surface area contributed by atoms with Gasteiger partial charge in [-0.3, -0.25) is 4.79 Å². The predicted molar refractivity (Wildman–Crippen MR) is 73.1 cm³/mol. The largest absolute Gasteiger partial charge is 0.497 e. The second-order valence-corrected chi connectivity index (χ2v) is 5.34. The van der Waals surface area contributed by atoms with E-state index < -0.39 is 5.54 Å². The van der Waals surface area contributed by atoms with Crippen LogP contribution in [0.25, 0.3) is 0 Å². The maximum absolute atomic E-state index is 12.1. The number of rotatable bonds is 4. The van der Waals surface area contributed by atoms with Crippen molar-refractivity contribution in [2.24, 2.45) is 0 Å². The second kappa shape index (κ2) is 5.61. The smallest absolute Gasteiger partial charge is 0.249 e. The van der Waals surface area contributed by atoms with E-state index in [1.54, 1.807) is 7.11 Å². The number of carbonyl (C=O) groups is 1. The van der Waals surface area contributed by atoms with Gasteiger partial charge in [0.25, 0.3) is 0 Å². The van der Waals surface area contributed by atoms with Gasteiger partial charge in [-0.15, -0.1) is 0 Å². The summed E-state index contributed by atoms with van der Waals surface area (Å²) in [4.78, 5) is 12.1. The molecular formula is C15H21NO3. The average Bonchev–Trinajstić information content (AvgIpc) is 2.92. The molecule has 1 heterocycles. The number of methoxy groups -OCH3 is 1. The monoisotopic (exact) mass is 263 g/mol. The van der Waals surface area contributed by atoms with Crippen LogP contribution >= 0.6 is 0 Å². The summed E-state index contributed by atoms with van der Waals surface area (Å²) in [6, 6.07) is 7.73. The molecule has 1 unspecified atom stereocenters. The topological polar surface area (TPSA) is 47.6 Å². The molecule has 2 rings (SSSR count). The van der Waals surface area contributed by atoms with E-state index in [1.807, 2.05) is 38.1 Å². The van der Waals surface area contributed by atoms with E-state index in [1.165, 1.54) is 0 Å². The Morgan fingerprint density at radius 3 is 2.58 bits per heavy atom. The first-order valence-corrected chi connectivity index (χ1v) is 6.61. The summed E-state index contributed by atoms with van der Waals surface area (Å²) in [6.45, 7) is 4.66. The van der Waals surface area contributed by atoms with Gasteiger partial charge in [0.05, 0.1) is 12.6 Å². The van der Waals surface area contributed by atoms with Gasteiger partial charge in [0.2, 0.25) is 5.91 Å². The molecule has 0 bridgehead atoms. The zero-order chi connectivity index (χ0) is 13.9. The number of hydrogen-bond acceptors (Lipinski definition) is 3. The average molecular weight is 263 g/mol. The minimum atomic E-state index is -0.421. The first-order valence-electron chi connectivity index (χ1n) is 6.61. The van der Waals surface area contributed by atoms with Gasteiger partial charge in [0, 0.05) is 6.61 Å². The summed E-state index contributed by atoms with van der Waals surface area (Å²) in [7, 11) is 1.64. The summed E-state index contributed by atoms with van der Waals surface area (Å²) < 4.78 is 10.5. The summed E-state index contributed by atoms with van der Waals surface area (Å²) in [5.74, 6) is 0.781. The van der Waals surface area contributed by atoms with Crippen LogP contribution in [0.15, 0.2) is 24.3 Å². The minimum absolute atomic E-state index is 0.0293. The van der Waals surface area contributed by atoms with Crippen molar-refractivity contribution >= 4 is 5.91 Å². The molecule has 1 atom stereocenters. The second-order valence-electron chi connectivity index (χ2n) is 5.34. The third kappa shape index (κ3) is 3.26. The van der Waals surface area contributed by atoms with Gasteiger partial charge in [-0.25, -0.2) is 0 Å². The molecule has 19 heavy (non-hydrogen) atoms. The molecule has 1 saturated heterocycles. The third-order valence-electron chi connectivity index (χ3n) is 3.47. The molecule has 4 heteroatoms. The van der Waals surface area contributed by atoms with Gasteiger partial charge < -0.3 is 14.8 Å². The number of benzene rings is 1. The van der Waals surface area contributed by atoms with Crippen molar-refractivity contribution in [3.05, 3.63) is 29.8 Å². The van der Waals surface area contributed by atoms with Crippen LogP contribution in [0.3, 0.4) is 0 Å². The summed E-state index contributed by atoms with van der Waals surface area (Å²) in [5.41, 5.74) is 0.620. The minimum Gasteiger partial charge on any atom is -0.497 e. The summed E-state index contributed by atoms with van der Waals surface area (Å²) in [6.07, 6.45) is 1.48. The molecule has 1 aliphatic heterocycles. The van der Waals surface area contributed by atoms with Crippen LogP contribution in [0.4, 0.5) is 0 Å². The lowest BCUT2D eigenvalue weighted by Gasteiger charge is -2.28. The molecular weight excluding hydrogens is 242 g/mol. The first kappa shape index (κ1) is 13.9. The van der Waals surface area contributed by atoms with Crippen LogP contribution < -0.4 is 10.1 Å². The van der Waals surface area contributed by atoms with E-state index in [-0.39, 0.29) is 12.0 Å². The highest BCUT2D eigenvalue weighted by molar-refractivity contribution is 5.81. The number of ether oxygens (including phenoxy) is 2. The molecule has 1 fully saturated rings. The Kier molecular flexibility index (Phi) is 4.10. The van der Waals surface area contributed by atoms with Crippen molar-refractivity contribution in [1.29, 1.82) is 0 Å². The van der Waals surface area contributed by atoms with E-state index in [0.717, 1.165) is 24.2 Å². The van der Waals surface area contributed by atoms with Crippen LogP contribution in [0.2, 0.25) is 0 Å². The Hall–Kier alpha value is -1.55. The molecule has 0 aliphatic carbocycles. The van der Waals surface area contributed by atoms with Gasteiger partial charge in [0.15, 0.2) is 0 Å². The molecule has 4 nitrogen and oxygen atoms in total. The molecule has 1 aromatic carbocycles. The zero-order valence-electron chi connectivity index (χ0n) is 11.7. The Morgan fingerprint density at radius 1 is 1.37 bits per heavy atom. The summed E-state index contributed by atoms with van der Waals surface area (Å²) in [5, 5.41) is 3.05. The number of nitrogens with one attached hydrogen (secondary N) is 1. The molecule has 1 aromatic rings. The number of hydrogen-bond donors (Lipinski definition) is 1. The van der Waals surface area contributed by atoms with E-state index in [9.17, 15) is 4.79 Å². The Balaban J connectivity index is 2.05. The SMILES string of the molecule is COc1ccc(C(C)(C)NC(=O)C2CCCO2)cc1. The molecule has 1 N–H and O–H groups in total. The third-order valence-corrected chi connectivity index (χ3v) is 3.47. The van der Waals surface area contributed by atoms with Gasteiger partial charge in [-0.2, -0.15) is 0 Å². The normalized spacial score (nSPS) is 19.2. The van der Waals surface area contributed by atoms with Crippen molar-refractivity contribution in [2.45, 2.75) is 38.3 Å². The van der Waals surface area contributed by atoms with Crippen LogP contribution in [-0.2, 0) is 15.1 Å². The maximum atomic E-state index is 12.1. The Morgan fingerprint density at radius 2 is 2.05 bits per heavy atom. The lowest BCUT2D eigenvalue weighted by Crippen LogP contribution is -2.45. The van der Waals surface area contributed by atoms with Gasteiger partial charge in [0.1, 0.15) is 11.9 Å². The van der Waals surface area contributed by atoms with E-state index in [2.05, 4.69) is 5.32 Å². The fourth-order valence-corrected chi connectivity index (χ4v) is 2.25. The van der Waals surface area contributed by atoms with Crippen molar-refractivity contribution < 1.29 is 14.3 Å². The highest BCUT2D eigenvalue weighted by Crippen LogP contribution is 2.23. The molecule has 0 radical (unpaired) electrons. The van der Waals surface area contributed by atoms with Gasteiger partial charge in [-0.05, 0) is 44.4 Å². The molecule has 104 valence electrons. The highest BCUT2D eigenvalue weighted by Gasteiger charge is 2.29. The molecule has 1 aliphatic rings. The molecule has 1 amide bonds. The van der Waals surface area contributed by atoms with Crippen molar-refractivity contribution in [1.82, 2.24) is 5.32 Å². The van der Waals surface area contributed by atoms with Gasteiger partial charge >= 0.3 is 0 Å². The van der Waals surface area contributed by atoms with Crippen LogP contribution in [0, 0.1) is 0 Å². The van der Waals surface area contributed by atoms with E-state index >= 15 is 0 Å². The van der Waals surface area contributed by atoms with Gasteiger partial charge in [-0.1, -0.05) is 12.1 Å². The van der Waals surface area contributed by atoms with Crippen molar-refractivity contribution in [2.75, 3.05) is 13.7 Å². The lowest BCUT2D eigenvalue weighted by atomic mass is 9.94. The number of carbonyl (C=O) groups excluding carboxylic acids is 1. The number of amides is 1. The Labute approximate surface area is 114 Å².